The number of imidazole rings is 1. The lowest BCUT2D eigenvalue weighted by molar-refractivity contribution is -0.127. The molecule has 2 aromatic carbocycles. The molecule has 0 aliphatic rings. The summed E-state index contributed by atoms with van der Waals surface area (Å²) in [7, 11) is 3.52. The van der Waals surface area contributed by atoms with Gasteiger partial charge in [-0.2, -0.15) is 0 Å². The fourth-order valence-electron chi connectivity index (χ4n) is 2.95. The van der Waals surface area contributed by atoms with Crippen LogP contribution in [0.25, 0.3) is 0 Å². The molecule has 6 heteroatoms. The number of ether oxygens (including phenoxy) is 2. The van der Waals surface area contributed by atoms with Gasteiger partial charge in [-0.25, -0.2) is 4.98 Å². The van der Waals surface area contributed by atoms with Crippen LogP contribution in [0.1, 0.15) is 29.9 Å². The van der Waals surface area contributed by atoms with Crippen LogP contribution in [0.5, 0.6) is 11.5 Å². The highest BCUT2D eigenvalue weighted by molar-refractivity contribution is 5.81. The van der Waals surface area contributed by atoms with Gasteiger partial charge in [0.05, 0.1) is 7.11 Å². The van der Waals surface area contributed by atoms with Crippen molar-refractivity contribution in [2.75, 3.05) is 7.11 Å². The molecule has 3 aromatic rings. The number of carbonyl (C=O) groups is 1. The van der Waals surface area contributed by atoms with E-state index in [1.54, 1.807) is 20.2 Å². The van der Waals surface area contributed by atoms with E-state index in [9.17, 15) is 4.79 Å². The van der Waals surface area contributed by atoms with E-state index in [4.69, 9.17) is 9.47 Å². The topological polar surface area (TPSA) is 65.4 Å². The van der Waals surface area contributed by atoms with Crippen LogP contribution in [0.3, 0.4) is 0 Å². The van der Waals surface area contributed by atoms with Gasteiger partial charge in [-0.1, -0.05) is 24.3 Å². The molecule has 0 fully saturated rings. The molecule has 3 rings (SSSR count). The third-order valence-corrected chi connectivity index (χ3v) is 4.52. The molecule has 28 heavy (non-hydrogen) atoms. The minimum atomic E-state index is -0.650. The average Bonchev–Trinajstić information content (AvgIpc) is 3.11. The predicted molar refractivity (Wildman–Crippen MR) is 107 cm³/mol. The highest BCUT2D eigenvalue weighted by atomic mass is 16.5. The Kier molecular flexibility index (Phi) is 5.99. The van der Waals surface area contributed by atoms with Crippen LogP contribution in [0.4, 0.5) is 0 Å². The maximum atomic E-state index is 12.8. The smallest absolute Gasteiger partial charge is 0.261 e. The molecule has 6 nitrogen and oxygen atoms in total. The lowest BCUT2D eigenvalue weighted by atomic mass is 10.1. The molecule has 0 saturated heterocycles. The number of carbonyl (C=O) groups excluding carboxylic acids is 1. The summed E-state index contributed by atoms with van der Waals surface area (Å²) in [5, 5.41) is 3.06. The van der Waals surface area contributed by atoms with E-state index in [-0.39, 0.29) is 5.91 Å². The maximum Gasteiger partial charge on any atom is 0.261 e. The summed E-state index contributed by atoms with van der Waals surface area (Å²) >= 11 is 0. The first-order valence-corrected chi connectivity index (χ1v) is 9.13. The summed E-state index contributed by atoms with van der Waals surface area (Å²) in [5.74, 6) is 1.94. The molecule has 0 spiro atoms. The molecule has 146 valence electrons. The molecule has 0 bridgehead atoms. The highest BCUT2D eigenvalue weighted by Crippen LogP contribution is 2.23. The monoisotopic (exact) mass is 379 g/mol. The first-order valence-electron chi connectivity index (χ1n) is 9.13. The fourth-order valence-corrected chi connectivity index (χ4v) is 2.95. The Morgan fingerprint density at radius 2 is 1.89 bits per heavy atom. The highest BCUT2D eigenvalue weighted by Gasteiger charge is 2.24. The van der Waals surface area contributed by atoms with Crippen molar-refractivity contribution in [3.05, 3.63) is 77.9 Å². The summed E-state index contributed by atoms with van der Waals surface area (Å²) in [6.45, 7) is 3.72. The molecule has 1 heterocycles. The molecule has 0 aliphatic carbocycles. The van der Waals surface area contributed by atoms with Crippen molar-refractivity contribution in [1.29, 1.82) is 0 Å². The molecule has 2 atom stereocenters. The third kappa shape index (κ3) is 4.52. The Morgan fingerprint density at radius 3 is 2.50 bits per heavy atom. The summed E-state index contributed by atoms with van der Waals surface area (Å²) in [4.78, 5) is 17.3. The van der Waals surface area contributed by atoms with Gasteiger partial charge in [0.25, 0.3) is 5.91 Å². The van der Waals surface area contributed by atoms with Crippen molar-refractivity contribution in [3.8, 4) is 11.5 Å². The van der Waals surface area contributed by atoms with E-state index in [2.05, 4.69) is 10.3 Å². The van der Waals surface area contributed by atoms with Gasteiger partial charge in [-0.15, -0.1) is 0 Å². The van der Waals surface area contributed by atoms with E-state index in [0.29, 0.717) is 5.75 Å². The van der Waals surface area contributed by atoms with Gasteiger partial charge in [0.1, 0.15) is 23.4 Å². The second-order valence-corrected chi connectivity index (χ2v) is 6.69. The standard InChI is InChI=1S/C22H25N3O3/c1-15-6-5-7-19(14-15)28-16(2)22(26)24-20(21-23-12-13-25(21)3)17-8-10-18(27-4)11-9-17/h5-14,16,20H,1-4H3,(H,24,26). The fraction of sp³-hybridized carbons (Fsp3) is 0.273. The van der Waals surface area contributed by atoms with Crippen LogP contribution in [-0.4, -0.2) is 28.7 Å². The SMILES string of the molecule is COc1ccc(C(NC(=O)C(C)Oc2cccc(C)c2)c2nccn2C)cc1. The Balaban J connectivity index is 1.80. The number of hydrogen-bond acceptors (Lipinski definition) is 4. The zero-order valence-corrected chi connectivity index (χ0v) is 16.5. The van der Waals surface area contributed by atoms with Crippen LogP contribution in [-0.2, 0) is 11.8 Å². The quantitative estimate of drug-likeness (QED) is 0.683. The van der Waals surface area contributed by atoms with Crippen molar-refractivity contribution in [2.24, 2.45) is 7.05 Å². The lowest BCUT2D eigenvalue weighted by Crippen LogP contribution is -2.39. The average molecular weight is 379 g/mol. The molecule has 1 N–H and O–H groups in total. The normalized spacial score (nSPS) is 12.9. The van der Waals surface area contributed by atoms with Gasteiger partial charge < -0.3 is 19.4 Å². The number of aryl methyl sites for hydroxylation is 2. The Morgan fingerprint density at radius 1 is 1.14 bits per heavy atom. The minimum Gasteiger partial charge on any atom is -0.497 e. The molecule has 0 aliphatic heterocycles. The molecule has 0 saturated carbocycles. The van der Waals surface area contributed by atoms with Gasteiger partial charge in [0.15, 0.2) is 6.10 Å². The summed E-state index contributed by atoms with van der Waals surface area (Å²) in [5.41, 5.74) is 1.99. The third-order valence-electron chi connectivity index (χ3n) is 4.52. The molecular weight excluding hydrogens is 354 g/mol. The number of benzene rings is 2. The van der Waals surface area contributed by atoms with Crippen molar-refractivity contribution in [1.82, 2.24) is 14.9 Å². The van der Waals surface area contributed by atoms with Gasteiger partial charge in [-0.3, -0.25) is 4.79 Å². The van der Waals surface area contributed by atoms with Crippen LogP contribution >= 0.6 is 0 Å². The van der Waals surface area contributed by atoms with Crippen LogP contribution in [0.15, 0.2) is 60.9 Å². The maximum absolute atomic E-state index is 12.8. The molecule has 0 radical (unpaired) electrons. The minimum absolute atomic E-state index is 0.217. The second-order valence-electron chi connectivity index (χ2n) is 6.69. The number of nitrogens with zero attached hydrogens (tertiary/aromatic N) is 2. The Labute approximate surface area is 165 Å². The largest absolute Gasteiger partial charge is 0.497 e. The van der Waals surface area contributed by atoms with E-state index >= 15 is 0 Å². The Bertz CT molecular complexity index is 934. The van der Waals surface area contributed by atoms with Crippen molar-refractivity contribution in [3.63, 3.8) is 0 Å². The van der Waals surface area contributed by atoms with Gasteiger partial charge >= 0.3 is 0 Å². The number of methoxy groups -OCH3 is 1. The number of amides is 1. The molecule has 1 amide bonds. The van der Waals surface area contributed by atoms with Gasteiger partial charge in [0.2, 0.25) is 0 Å². The van der Waals surface area contributed by atoms with Crippen LogP contribution < -0.4 is 14.8 Å². The predicted octanol–water partition coefficient (Wildman–Crippen LogP) is 3.41. The van der Waals surface area contributed by atoms with Crippen LogP contribution in [0.2, 0.25) is 0 Å². The van der Waals surface area contributed by atoms with Crippen molar-refractivity contribution >= 4 is 5.91 Å². The number of rotatable bonds is 7. The van der Waals surface area contributed by atoms with E-state index in [1.165, 1.54) is 0 Å². The first kappa shape index (κ1) is 19.5. The summed E-state index contributed by atoms with van der Waals surface area (Å²) < 4.78 is 12.9. The van der Waals surface area contributed by atoms with Crippen LogP contribution in [0, 0.1) is 6.92 Å². The number of nitrogens with one attached hydrogen (secondary N) is 1. The number of hydrogen-bond donors (Lipinski definition) is 1. The van der Waals surface area contributed by atoms with E-state index in [1.807, 2.05) is 73.3 Å². The summed E-state index contributed by atoms with van der Waals surface area (Å²) in [6.07, 6.45) is 2.91. The lowest BCUT2D eigenvalue weighted by Gasteiger charge is -2.22. The Hall–Kier alpha value is -3.28. The first-order chi connectivity index (χ1) is 13.5. The van der Waals surface area contributed by atoms with E-state index < -0.39 is 12.1 Å². The van der Waals surface area contributed by atoms with Gasteiger partial charge in [-0.05, 0) is 49.2 Å². The van der Waals surface area contributed by atoms with E-state index in [0.717, 1.165) is 22.7 Å². The summed E-state index contributed by atoms with van der Waals surface area (Å²) in [6, 6.07) is 14.8. The number of aromatic nitrogens is 2. The molecule has 2 unspecified atom stereocenters. The second kappa shape index (κ2) is 8.61. The van der Waals surface area contributed by atoms with Gasteiger partial charge in [0, 0.05) is 19.4 Å². The molecular formula is C22H25N3O3. The van der Waals surface area contributed by atoms with Crippen molar-refractivity contribution < 1.29 is 14.3 Å². The van der Waals surface area contributed by atoms with Crippen molar-refractivity contribution in [2.45, 2.75) is 26.0 Å². The zero-order chi connectivity index (χ0) is 20.1. The zero-order valence-electron chi connectivity index (χ0n) is 16.5. The molecule has 1 aromatic heterocycles.